The van der Waals surface area contributed by atoms with Crippen LogP contribution < -0.4 is 15.4 Å². The summed E-state index contributed by atoms with van der Waals surface area (Å²) in [6.07, 6.45) is 0. The van der Waals surface area contributed by atoms with E-state index in [1.54, 1.807) is 7.11 Å². The van der Waals surface area contributed by atoms with Gasteiger partial charge in [0.2, 0.25) is 5.91 Å². The highest BCUT2D eigenvalue weighted by atomic mass is 79.9. The lowest BCUT2D eigenvalue weighted by Gasteiger charge is -2.18. The molecule has 1 amide bonds. The van der Waals surface area contributed by atoms with Crippen LogP contribution in [0, 0.1) is 5.92 Å². The summed E-state index contributed by atoms with van der Waals surface area (Å²) in [6, 6.07) is 5.78. The number of halogens is 2. The van der Waals surface area contributed by atoms with Crippen LogP contribution in [-0.2, 0) is 4.79 Å². The van der Waals surface area contributed by atoms with Crippen LogP contribution in [0.1, 0.15) is 25.5 Å². The first kappa shape index (κ1) is 19.2. The molecule has 0 radical (unpaired) electrons. The number of carbonyl (C=O) groups is 1. The van der Waals surface area contributed by atoms with Crippen LogP contribution in [0.2, 0.25) is 0 Å². The minimum absolute atomic E-state index is 0. The van der Waals surface area contributed by atoms with Crippen molar-refractivity contribution in [3.8, 4) is 5.75 Å². The molecule has 0 aliphatic heterocycles. The summed E-state index contributed by atoms with van der Waals surface area (Å²) in [4.78, 5) is 11.9. The molecule has 1 aromatic carbocycles. The van der Waals surface area contributed by atoms with Gasteiger partial charge in [-0.15, -0.1) is 12.4 Å². The van der Waals surface area contributed by atoms with Gasteiger partial charge in [-0.05, 0) is 47.6 Å². The van der Waals surface area contributed by atoms with E-state index in [1.807, 2.05) is 39.1 Å². The molecule has 0 saturated carbocycles. The second-order valence-corrected chi connectivity index (χ2v) is 5.44. The van der Waals surface area contributed by atoms with Gasteiger partial charge in [0.15, 0.2) is 0 Å². The van der Waals surface area contributed by atoms with Gasteiger partial charge in [0.1, 0.15) is 5.75 Å². The normalized spacial score (nSPS) is 13.1. The number of ether oxygens (including phenoxy) is 1. The summed E-state index contributed by atoms with van der Waals surface area (Å²) in [6.45, 7) is 4.55. The fourth-order valence-corrected chi connectivity index (χ4v) is 2.35. The maximum atomic E-state index is 11.9. The van der Waals surface area contributed by atoms with Crippen molar-refractivity contribution in [3.05, 3.63) is 28.2 Å². The van der Waals surface area contributed by atoms with E-state index in [0.717, 1.165) is 15.8 Å². The second-order valence-electron chi connectivity index (χ2n) is 4.58. The minimum atomic E-state index is -0.0471. The van der Waals surface area contributed by atoms with Crippen molar-refractivity contribution < 1.29 is 9.53 Å². The summed E-state index contributed by atoms with van der Waals surface area (Å²) in [5.74, 6) is 0.786. The molecule has 0 heterocycles. The van der Waals surface area contributed by atoms with Gasteiger partial charge >= 0.3 is 0 Å². The van der Waals surface area contributed by atoms with Gasteiger partial charge < -0.3 is 15.4 Å². The standard InChI is InChI=1S/C14H21BrN2O2.ClH/c1-9(8-16-3)14(18)17-10(2)11-5-6-13(19-4)12(15)7-11;/h5-7,9-10,16H,8H2,1-4H3,(H,17,18);1H. The van der Waals surface area contributed by atoms with Crippen molar-refractivity contribution in [2.24, 2.45) is 5.92 Å². The fourth-order valence-electron chi connectivity index (χ4n) is 1.79. The lowest BCUT2D eigenvalue weighted by molar-refractivity contribution is -0.125. The molecule has 0 aliphatic rings. The third-order valence-electron chi connectivity index (χ3n) is 2.99. The Balaban J connectivity index is 0.00000361. The largest absolute Gasteiger partial charge is 0.496 e. The quantitative estimate of drug-likeness (QED) is 0.815. The van der Waals surface area contributed by atoms with Crippen molar-refractivity contribution in [3.63, 3.8) is 0 Å². The summed E-state index contributed by atoms with van der Waals surface area (Å²) >= 11 is 3.45. The van der Waals surface area contributed by atoms with E-state index in [4.69, 9.17) is 4.74 Å². The number of rotatable bonds is 6. The molecule has 0 saturated heterocycles. The molecule has 2 N–H and O–H groups in total. The molecule has 0 aliphatic carbocycles. The lowest BCUT2D eigenvalue weighted by atomic mass is 10.1. The van der Waals surface area contributed by atoms with Crippen molar-refractivity contribution >= 4 is 34.2 Å². The number of hydrogen-bond acceptors (Lipinski definition) is 3. The highest BCUT2D eigenvalue weighted by molar-refractivity contribution is 9.10. The van der Waals surface area contributed by atoms with Crippen LogP contribution in [-0.4, -0.2) is 26.6 Å². The van der Waals surface area contributed by atoms with E-state index >= 15 is 0 Å². The zero-order valence-corrected chi connectivity index (χ0v) is 14.6. The van der Waals surface area contributed by atoms with Crippen molar-refractivity contribution in [1.29, 1.82) is 0 Å². The monoisotopic (exact) mass is 364 g/mol. The van der Waals surface area contributed by atoms with Gasteiger partial charge in [0, 0.05) is 12.5 Å². The third kappa shape index (κ3) is 5.31. The lowest BCUT2D eigenvalue weighted by Crippen LogP contribution is -2.35. The maximum absolute atomic E-state index is 11.9. The van der Waals surface area contributed by atoms with Crippen LogP contribution in [0.4, 0.5) is 0 Å². The van der Waals surface area contributed by atoms with Gasteiger partial charge in [-0.1, -0.05) is 13.0 Å². The number of benzene rings is 1. The summed E-state index contributed by atoms with van der Waals surface area (Å²) in [7, 11) is 3.47. The van der Waals surface area contributed by atoms with Crippen LogP contribution in [0.5, 0.6) is 5.75 Å². The molecular formula is C14H22BrClN2O2. The molecule has 2 atom stereocenters. The minimum Gasteiger partial charge on any atom is -0.496 e. The third-order valence-corrected chi connectivity index (χ3v) is 3.61. The van der Waals surface area contributed by atoms with E-state index in [-0.39, 0.29) is 30.3 Å². The molecule has 0 aromatic heterocycles. The number of methoxy groups -OCH3 is 1. The summed E-state index contributed by atoms with van der Waals surface area (Å²) in [5, 5.41) is 6.01. The molecule has 114 valence electrons. The maximum Gasteiger partial charge on any atom is 0.224 e. The van der Waals surface area contributed by atoms with Gasteiger partial charge in [-0.3, -0.25) is 4.79 Å². The smallest absolute Gasteiger partial charge is 0.224 e. The summed E-state index contributed by atoms with van der Waals surface area (Å²) in [5.41, 5.74) is 1.04. The highest BCUT2D eigenvalue weighted by Crippen LogP contribution is 2.28. The second kappa shape index (κ2) is 9.21. The number of hydrogen-bond donors (Lipinski definition) is 2. The Labute approximate surface area is 135 Å². The molecule has 6 heteroatoms. The van der Waals surface area contributed by atoms with E-state index in [1.165, 1.54) is 0 Å². The fraction of sp³-hybridized carbons (Fsp3) is 0.500. The zero-order valence-electron chi connectivity index (χ0n) is 12.2. The molecular weight excluding hydrogens is 344 g/mol. The number of amides is 1. The van der Waals surface area contributed by atoms with E-state index in [9.17, 15) is 4.79 Å². The summed E-state index contributed by atoms with van der Waals surface area (Å²) < 4.78 is 6.07. The van der Waals surface area contributed by atoms with Crippen molar-refractivity contribution in [2.45, 2.75) is 19.9 Å². The van der Waals surface area contributed by atoms with Crippen molar-refractivity contribution in [2.75, 3.05) is 20.7 Å². The molecule has 0 bridgehead atoms. The molecule has 0 fully saturated rings. The van der Waals surface area contributed by atoms with Gasteiger partial charge in [-0.25, -0.2) is 0 Å². The first-order valence-electron chi connectivity index (χ1n) is 6.28. The Morgan fingerprint density at radius 2 is 2.05 bits per heavy atom. The van der Waals surface area contributed by atoms with Gasteiger partial charge in [0.05, 0.1) is 17.6 Å². The van der Waals surface area contributed by atoms with Crippen LogP contribution in [0.3, 0.4) is 0 Å². The predicted octanol–water partition coefficient (Wildman–Crippen LogP) is 2.91. The van der Waals surface area contributed by atoms with Crippen molar-refractivity contribution in [1.82, 2.24) is 10.6 Å². The van der Waals surface area contributed by atoms with Crippen LogP contribution in [0.25, 0.3) is 0 Å². The Kier molecular flexibility index (Phi) is 8.85. The average molecular weight is 366 g/mol. The average Bonchev–Trinajstić information content (AvgIpc) is 2.38. The molecule has 2 unspecified atom stereocenters. The van der Waals surface area contributed by atoms with E-state index < -0.39 is 0 Å². The van der Waals surface area contributed by atoms with Crippen LogP contribution in [0.15, 0.2) is 22.7 Å². The molecule has 0 spiro atoms. The molecule has 20 heavy (non-hydrogen) atoms. The zero-order chi connectivity index (χ0) is 14.4. The van der Waals surface area contributed by atoms with E-state index in [2.05, 4.69) is 26.6 Å². The van der Waals surface area contributed by atoms with Gasteiger partial charge in [-0.2, -0.15) is 0 Å². The Hall–Kier alpha value is -0.780. The Morgan fingerprint density at radius 1 is 1.40 bits per heavy atom. The Morgan fingerprint density at radius 3 is 2.55 bits per heavy atom. The number of carbonyl (C=O) groups excluding carboxylic acids is 1. The van der Waals surface area contributed by atoms with Crippen LogP contribution >= 0.6 is 28.3 Å². The predicted molar refractivity (Wildman–Crippen MR) is 87.6 cm³/mol. The highest BCUT2D eigenvalue weighted by Gasteiger charge is 2.16. The SMILES string of the molecule is CNCC(C)C(=O)NC(C)c1ccc(OC)c(Br)c1.Cl. The molecule has 1 rings (SSSR count). The first-order chi connectivity index (χ1) is 8.99. The topological polar surface area (TPSA) is 50.4 Å². The molecule has 4 nitrogen and oxygen atoms in total. The Bertz CT molecular complexity index is 443. The van der Waals surface area contributed by atoms with E-state index in [0.29, 0.717) is 6.54 Å². The first-order valence-corrected chi connectivity index (χ1v) is 7.07. The molecule has 1 aromatic rings. The number of nitrogens with one attached hydrogen (secondary N) is 2. The van der Waals surface area contributed by atoms with Gasteiger partial charge in [0.25, 0.3) is 0 Å².